The average Bonchev–Trinajstić information content (AvgIpc) is 2.79. The zero-order valence-electron chi connectivity index (χ0n) is 16.7. The van der Waals surface area contributed by atoms with E-state index in [0.717, 1.165) is 18.2 Å². The number of carboxylic acid groups (broad SMARTS) is 1. The van der Waals surface area contributed by atoms with Crippen LogP contribution in [0.25, 0.3) is 6.08 Å². The van der Waals surface area contributed by atoms with Crippen LogP contribution in [0.3, 0.4) is 0 Å². The number of non-ortho nitro benzene ring substituents is 1. The van der Waals surface area contributed by atoms with Gasteiger partial charge in [-0.2, -0.15) is 0 Å². The molecule has 0 saturated heterocycles. The maximum absolute atomic E-state index is 12.3. The van der Waals surface area contributed by atoms with E-state index in [1.807, 2.05) is 0 Å². The van der Waals surface area contributed by atoms with Crippen LogP contribution in [0.4, 0.5) is 11.4 Å². The van der Waals surface area contributed by atoms with Crippen LogP contribution in [0.1, 0.15) is 15.9 Å². The minimum atomic E-state index is -1.38. The van der Waals surface area contributed by atoms with Crippen molar-refractivity contribution in [3.63, 3.8) is 0 Å². The Morgan fingerprint density at radius 2 is 1.64 bits per heavy atom. The van der Waals surface area contributed by atoms with Crippen molar-refractivity contribution in [3.05, 3.63) is 110 Å². The summed E-state index contributed by atoms with van der Waals surface area (Å²) in [6.45, 7) is 0. The van der Waals surface area contributed by atoms with E-state index in [1.165, 1.54) is 42.5 Å². The number of carboxylic acids is 1. The molecule has 3 aromatic rings. The van der Waals surface area contributed by atoms with Gasteiger partial charge in [-0.15, -0.1) is 0 Å². The third-order valence-electron chi connectivity index (χ3n) is 4.26. The number of nitrogens with one attached hydrogen (secondary N) is 1. The highest BCUT2D eigenvalue weighted by Crippen LogP contribution is 2.34. The molecule has 33 heavy (non-hydrogen) atoms. The molecule has 166 valence electrons. The largest absolute Gasteiger partial charge is 0.477 e. The van der Waals surface area contributed by atoms with E-state index in [-0.39, 0.29) is 17.1 Å². The van der Waals surface area contributed by atoms with Crippen LogP contribution in [0, 0.1) is 20.2 Å². The normalized spacial score (nSPS) is 10.8. The first-order chi connectivity index (χ1) is 15.7. The third-order valence-corrected chi connectivity index (χ3v) is 4.26. The van der Waals surface area contributed by atoms with Crippen molar-refractivity contribution in [1.82, 2.24) is 5.32 Å². The Morgan fingerprint density at radius 3 is 2.27 bits per heavy atom. The smallest absolute Gasteiger partial charge is 0.352 e. The Bertz CT molecular complexity index is 1270. The fourth-order valence-corrected chi connectivity index (χ4v) is 2.75. The Morgan fingerprint density at radius 1 is 0.909 bits per heavy atom. The Balaban J connectivity index is 1.87. The molecule has 0 aliphatic carbocycles. The van der Waals surface area contributed by atoms with E-state index >= 15 is 0 Å². The van der Waals surface area contributed by atoms with Crippen molar-refractivity contribution in [1.29, 1.82) is 0 Å². The lowest BCUT2D eigenvalue weighted by Gasteiger charge is -2.08. The molecular weight excluding hydrogens is 434 g/mol. The molecule has 0 aliphatic heterocycles. The van der Waals surface area contributed by atoms with E-state index in [0.29, 0.717) is 5.56 Å². The van der Waals surface area contributed by atoms with Gasteiger partial charge >= 0.3 is 11.7 Å². The van der Waals surface area contributed by atoms with E-state index in [1.54, 1.807) is 18.2 Å². The molecule has 3 aromatic carbocycles. The molecule has 0 spiro atoms. The molecule has 2 N–H and O–H groups in total. The summed E-state index contributed by atoms with van der Waals surface area (Å²) in [6, 6.07) is 16.9. The summed E-state index contributed by atoms with van der Waals surface area (Å²) >= 11 is 0. The van der Waals surface area contributed by atoms with Crippen molar-refractivity contribution in [2.75, 3.05) is 0 Å². The van der Waals surface area contributed by atoms with Gasteiger partial charge in [0.25, 0.3) is 11.6 Å². The van der Waals surface area contributed by atoms with Gasteiger partial charge < -0.3 is 15.2 Å². The highest BCUT2D eigenvalue weighted by Gasteiger charge is 2.21. The van der Waals surface area contributed by atoms with Gasteiger partial charge in [0.2, 0.25) is 5.75 Å². The molecule has 3 rings (SSSR count). The summed E-state index contributed by atoms with van der Waals surface area (Å²) in [5, 5.41) is 33.9. The summed E-state index contributed by atoms with van der Waals surface area (Å²) in [5.41, 5.74) is -0.880. The van der Waals surface area contributed by atoms with Crippen LogP contribution in [-0.4, -0.2) is 26.8 Å². The second-order valence-electron chi connectivity index (χ2n) is 6.52. The second kappa shape index (κ2) is 9.83. The number of carbonyl (C=O) groups is 2. The van der Waals surface area contributed by atoms with E-state index in [2.05, 4.69) is 5.32 Å². The topological polar surface area (TPSA) is 162 Å². The number of aliphatic carboxylic acids is 1. The lowest BCUT2D eigenvalue weighted by atomic mass is 10.1. The number of rotatable bonds is 8. The van der Waals surface area contributed by atoms with Crippen molar-refractivity contribution in [2.45, 2.75) is 0 Å². The second-order valence-corrected chi connectivity index (χ2v) is 6.52. The number of nitro benzene ring substituents is 2. The number of nitro groups is 2. The fourth-order valence-electron chi connectivity index (χ4n) is 2.75. The molecule has 0 aromatic heterocycles. The molecule has 1 amide bonds. The SMILES string of the molecule is O=C(O)/C(=C\c1cccc(Oc2ccc([N+](=O)[O-])cc2[N+](=O)[O-])c1)NC(=O)c1ccccc1. The summed E-state index contributed by atoms with van der Waals surface area (Å²) in [7, 11) is 0. The zero-order valence-corrected chi connectivity index (χ0v) is 16.7. The first-order valence-corrected chi connectivity index (χ1v) is 9.27. The number of hydrogen-bond acceptors (Lipinski definition) is 7. The molecule has 0 heterocycles. The van der Waals surface area contributed by atoms with Gasteiger partial charge in [0.1, 0.15) is 11.4 Å². The highest BCUT2D eigenvalue weighted by atomic mass is 16.6. The highest BCUT2D eigenvalue weighted by molar-refractivity contribution is 6.02. The third kappa shape index (κ3) is 5.76. The maximum atomic E-state index is 12.3. The molecule has 11 nitrogen and oxygen atoms in total. The van der Waals surface area contributed by atoms with Crippen LogP contribution in [0.15, 0.2) is 78.5 Å². The molecule has 0 radical (unpaired) electrons. The van der Waals surface area contributed by atoms with Crippen molar-refractivity contribution < 1.29 is 29.3 Å². The van der Waals surface area contributed by atoms with E-state index in [9.17, 15) is 34.9 Å². The van der Waals surface area contributed by atoms with Crippen molar-refractivity contribution in [3.8, 4) is 11.5 Å². The number of benzene rings is 3. The molecule has 11 heteroatoms. The first kappa shape index (κ1) is 22.6. The lowest BCUT2D eigenvalue weighted by molar-refractivity contribution is -0.394. The Kier molecular flexibility index (Phi) is 6.74. The van der Waals surface area contributed by atoms with Crippen molar-refractivity contribution >= 4 is 29.3 Å². The number of ether oxygens (including phenoxy) is 1. The minimum Gasteiger partial charge on any atom is -0.477 e. The molecule has 0 aliphatic rings. The fraction of sp³-hybridized carbons (Fsp3) is 0. The maximum Gasteiger partial charge on any atom is 0.352 e. The monoisotopic (exact) mass is 449 g/mol. The summed E-state index contributed by atoms with van der Waals surface area (Å²) in [4.78, 5) is 44.5. The van der Waals surface area contributed by atoms with Gasteiger partial charge in [-0.25, -0.2) is 4.79 Å². The van der Waals surface area contributed by atoms with Crippen LogP contribution in [0.5, 0.6) is 11.5 Å². The predicted molar refractivity (Wildman–Crippen MR) is 116 cm³/mol. The van der Waals surface area contributed by atoms with E-state index < -0.39 is 38.8 Å². The van der Waals surface area contributed by atoms with Crippen molar-refractivity contribution in [2.24, 2.45) is 0 Å². The van der Waals surface area contributed by atoms with Crippen LogP contribution >= 0.6 is 0 Å². The number of carbonyl (C=O) groups excluding carboxylic acids is 1. The lowest BCUT2D eigenvalue weighted by Crippen LogP contribution is -2.27. The number of nitrogens with zero attached hydrogens (tertiary/aromatic N) is 2. The number of amides is 1. The molecular formula is C22H15N3O8. The zero-order chi connectivity index (χ0) is 24.0. The Hall–Kier alpha value is -5.06. The van der Waals surface area contributed by atoms with Crippen LogP contribution < -0.4 is 10.1 Å². The van der Waals surface area contributed by atoms with Gasteiger partial charge in [-0.3, -0.25) is 25.0 Å². The summed E-state index contributed by atoms with van der Waals surface area (Å²) < 4.78 is 5.51. The molecule has 0 atom stereocenters. The first-order valence-electron chi connectivity index (χ1n) is 9.27. The quantitative estimate of drug-likeness (QED) is 0.294. The number of hydrogen-bond donors (Lipinski definition) is 2. The van der Waals surface area contributed by atoms with Gasteiger partial charge in [-0.05, 0) is 42.0 Å². The summed E-state index contributed by atoms with van der Waals surface area (Å²) in [6.07, 6.45) is 1.19. The van der Waals surface area contributed by atoms with Gasteiger partial charge in [-0.1, -0.05) is 30.3 Å². The van der Waals surface area contributed by atoms with E-state index in [4.69, 9.17) is 4.74 Å². The van der Waals surface area contributed by atoms with Gasteiger partial charge in [0.15, 0.2) is 0 Å². The molecule has 0 bridgehead atoms. The van der Waals surface area contributed by atoms with Crippen LogP contribution in [0.2, 0.25) is 0 Å². The van der Waals surface area contributed by atoms with Crippen LogP contribution in [-0.2, 0) is 4.79 Å². The molecule has 0 fully saturated rings. The van der Waals surface area contributed by atoms with Gasteiger partial charge in [0, 0.05) is 11.6 Å². The minimum absolute atomic E-state index is 0.111. The van der Waals surface area contributed by atoms with Gasteiger partial charge in [0.05, 0.1) is 15.9 Å². The average molecular weight is 449 g/mol. The standard InChI is InChI=1S/C22H15N3O8/c26-21(15-6-2-1-3-7-15)23-18(22(27)28)12-14-5-4-8-17(11-14)33-20-10-9-16(24(29)30)13-19(20)25(31)32/h1-13H,(H,23,26)(H,27,28)/b18-12+. The molecule has 0 unspecified atom stereocenters. The Labute approximate surface area is 185 Å². The summed E-state index contributed by atoms with van der Waals surface area (Å²) in [5.74, 6) is -2.11. The molecule has 0 saturated carbocycles. The predicted octanol–water partition coefficient (Wildman–Crippen LogP) is 4.15.